The van der Waals surface area contributed by atoms with Crippen molar-refractivity contribution < 1.29 is 9.90 Å². The van der Waals surface area contributed by atoms with Crippen molar-refractivity contribution in [2.75, 3.05) is 0 Å². The van der Waals surface area contributed by atoms with Gasteiger partial charge in [0.25, 0.3) is 0 Å². The fourth-order valence-corrected chi connectivity index (χ4v) is 1.78. The third-order valence-corrected chi connectivity index (χ3v) is 2.87. The Morgan fingerprint density at radius 2 is 1.93 bits per heavy atom. The van der Waals surface area contributed by atoms with Crippen LogP contribution in [0.25, 0.3) is 0 Å². The Morgan fingerprint density at radius 1 is 1.33 bits per heavy atom. The normalized spacial score (nSPS) is 17.7. The van der Waals surface area contributed by atoms with Crippen LogP contribution in [0.2, 0.25) is 0 Å². The van der Waals surface area contributed by atoms with Gasteiger partial charge in [0.2, 0.25) is 0 Å². The number of carbonyl (C=O) groups excluding carboxylic acids is 1. The van der Waals surface area contributed by atoms with Gasteiger partial charge >= 0.3 is 0 Å². The zero-order chi connectivity index (χ0) is 11.8. The summed E-state index contributed by atoms with van der Waals surface area (Å²) in [4.78, 5) is 11.3. The predicted molar refractivity (Wildman–Crippen MR) is 63.7 cm³/mol. The van der Waals surface area contributed by atoms with Gasteiger partial charge in [0.15, 0.2) is 0 Å². The van der Waals surface area contributed by atoms with Gasteiger partial charge in [0.1, 0.15) is 5.78 Å². The van der Waals surface area contributed by atoms with Crippen LogP contribution in [0.3, 0.4) is 0 Å². The molecule has 0 rings (SSSR count). The summed E-state index contributed by atoms with van der Waals surface area (Å²) in [5, 5.41) is 9.99. The first-order valence-corrected chi connectivity index (χ1v) is 5.88. The maximum Gasteiger partial charge on any atom is 0.135 e. The second kappa shape index (κ2) is 7.63. The molecule has 0 fully saturated rings. The highest BCUT2D eigenvalue weighted by molar-refractivity contribution is 5.78. The van der Waals surface area contributed by atoms with E-state index in [0.29, 0.717) is 0 Å². The fourth-order valence-electron chi connectivity index (χ4n) is 1.78. The van der Waals surface area contributed by atoms with Crippen molar-refractivity contribution in [3.05, 3.63) is 12.2 Å². The van der Waals surface area contributed by atoms with Crippen LogP contribution in [0.15, 0.2) is 12.2 Å². The lowest BCUT2D eigenvalue weighted by atomic mass is 9.86. The van der Waals surface area contributed by atoms with Gasteiger partial charge in [-0.25, -0.2) is 0 Å². The molecule has 0 heterocycles. The molecule has 0 aliphatic rings. The van der Waals surface area contributed by atoms with Gasteiger partial charge in [0, 0.05) is 5.92 Å². The first-order chi connectivity index (χ1) is 7.04. The first kappa shape index (κ1) is 14.4. The molecule has 3 atom stereocenters. The molecule has 0 radical (unpaired) electrons. The smallest absolute Gasteiger partial charge is 0.135 e. The number of allylic oxidation sites excluding steroid dienone is 2. The molecule has 0 aliphatic carbocycles. The lowest BCUT2D eigenvalue weighted by Gasteiger charge is -2.24. The van der Waals surface area contributed by atoms with Crippen LogP contribution in [0.4, 0.5) is 0 Å². The van der Waals surface area contributed by atoms with Gasteiger partial charge in [0.05, 0.1) is 6.10 Å². The Bertz CT molecular complexity index is 209. The molecule has 0 saturated heterocycles. The SMILES string of the molecule is CCC=CC[C@@H](C)C(O)[C@H](CC)C(C)=O. The van der Waals surface area contributed by atoms with E-state index < -0.39 is 6.10 Å². The Morgan fingerprint density at radius 3 is 2.33 bits per heavy atom. The van der Waals surface area contributed by atoms with Crippen LogP contribution in [0.5, 0.6) is 0 Å². The lowest BCUT2D eigenvalue weighted by molar-refractivity contribution is -0.125. The molecule has 0 aliphatic heterocycles. The predicted octanol–water partition coefficient (Wildman–Crippen LogP) is 2.95. The van der Waals surface area contributed by atoms with E-state index in [2.05, 4.69) is 19.1 Å². The largest absolute Gasteiger partial charge is 0.392 e. The molecule has 0 aromatic rings. The molecule has 0 aromatic carbocycles. The molecule has 0 amide bonds. The molecule has 2 nitrogen and oxygen atoms in total. The van der Waals surface area contributed by atoms with E-state index in [0.717, 1.165) is 19.3 Å². The summed E-state index contributed by atoms with van der Waals surface area (Å²) in [6.07, 6.45) is 6.26. The monoisotopic (exact) mass is 212 g/mol. The Balaban J connectivity index is 4.21. The summed E-state index contributed by atoms with van der Waals surface area (Å²) in [6.45, 7) is 7.59. The zero-order valence-electron chi connectivity index (χ0n) is 10.4. The van der Waals surface area contributed by atoms with E-state index in [1.807, 2.05) is 13.8 Å². The summed E-state index contributed by atoms with van der Waals surface area (Å²) < 4.78 is 0. The molecular formula is C13H24O2. The van der Waals surface area contributed by atoms with Crippen LogP contribution >= 0.6 is 0 Å². The second-order valence-electron chi connectivity index (χ2n) is 4.21. The molecule has 88 valence electrons. The van der Waals surface area contributed by atoms with E-state index in [4.69, 9.17) is 0 Å². The van der Waals surface area contributed by atoms with Gasteiger partial charge in [-0.05, 0) is 32.1 Å². The summed E-state index contributed by atoms with van der Waals surface area (Å²) in [7, 11) is 0. The van der Waals surface area contributed by atoms with Crippen molar-refractivity contribution in [1.29, 1.82) is 0 Å². The Kier molecular flexibility index (Phi) is 7.31. The third-order valence-electron chi connectivity index (χ3n) is 2.87. The van der Waals surface area contributed by atoms with E-state index in [1.165, 1.54) is 0 Å². The number of aliphatic hydroxyl groups excluding tert-OH is 1. The van der Waals surface area contributed by atoms with Gasteiger partial charge in [-0.15, -0.1) is 0 Å². The van der Waals surface area contributed by atoms with Crippen LogP contribution < -0.4 is 0 Å². The van der Waals surface area contributed by atoms with Gasteiger partial charge in [-0.1, -0.05) is 32.9 Å². The van der Waals surface area contributed by atoms with E-state index in [-0.39, 0.29) is 17.6 Å². The van der Waals surface area contributed by atoms with Crippen molar-refractivity contribution in [1.82, 2.24) is 0 Å². The zero-order valence-corrected chi connectivity index (χ0v) is 10.4. The summed E-state index contributed by atoms with van der Waals surface area (Å²) in [6, 6.07) is 0. The summed E-state index contributed by atoms with van der Waals surface area (Å²) in [5.74, 6) is 0.0491. The first-order valence-electron chi connectivity index (χ1n) is 5.88. The van der Waals surface area contributed by atoms with Crippen molar-refractivity contribution >= 4 is 5.78 Å². The molecule has 1 unspecified atom stereocenters. The lowest BCUT2D eigenvalue weighted by Crippen LogP contribution is -2.31. The maximum atomic E-state index is 11.3. The average molecular weight is 212 g/mol. The number of aliphatic hydroxyl groups is 1. The fraction of sp³-hybridized carbons (Fsp3) is 0.769. The van der Waals surface area contributed by atoms with E-state index >= 15 is 0 Å². The minimum Gasteiger partial charge on any atom is -0.392 e. The number of rotatable bonds is 7. The number of carbonyl (C=O) groups is 1. The van der Waals surface area contributed by atoms with Crippen molar-refractivity contribution in [3.8, 4) is 0 Å². The number of Topliss-reactive ketones (excluding diaryl/α,β-unsaturated/α-hetero) is 1. The van der Waals surface area contributed by atoms with Crippen LogP contribution in [0.1, 0.15) is 47.0 Å². The number of hydrogen-bond acceptors (Lipinski definition) is 2. The number of hydrogen-bond donors (Lipinski definition) is 1. The summed E-state index contributed by atoms with van der Waals surface area (Å²) in [5.41, 5.74) is 0. The highest BCUT2D eigenvalue weighted by atomic mass is 16.3. The van der Waals surface area contributed by atoms with Gasteiger partial charge in [-0.2, -0.15) is 0 Å². The van der Waals surface area contributed by atoms with Crippen LogP contribution in [-0.2, 0) is 4.79 Å². The minimum absolute atomic E-state index is 0.0938. The van der Waals surface area contributed by atoms with Crippen molar-refractivity contribution in [2.24, 2.45) is 11.8 Å². The third kappa shape index (κ3) is 5.12. The van der Waals surface area contributed by atoms with Crippen LogP contribution in [-0.4, -0.2) is 17.0 Å². The van der Waals surface area contributed by atoms with Crippen LogP contribution in [0, 0.1) is 11.8 Å². The summed E-state index contributed by atoms with van der Waals surface area (Å²) >= 11 is 0. The molecule has 1 N–H and O–H groups in total. The molecule has 0 saturated carbocycles. The highest BCUT2D eigenvalue weighted by Crippen LogP contribution is 2.20. The molecule has 0 bridgehead atoms. The standard InChI is InChI=1S/C13H24O2/c1-5-7-8-9-10(3)13(15)12(6-2)11(4)14/h7-8,10,12-13,15H,5-6,9H2,1-4H3/t10-,12-,13?/m1/s1. The average Bonchev–Trinajstić information content (AvgIpc) is 2.18. The minimum atomic E-state index is -0.506. The van der Waals surface area contributed by atoms with Crippen molar-refractivity contribution in [3.63, 3.8) is 0 Å². The Labute approximate surface area is 93.4 Å². The molecule has 15 heavy (non-hydrogen) atoms. The quantitative estimate of drug-likeness (QED) is 0.659. The molecular weight excluding hydrogens is 188 g/mol. The van der Waals surface area contributed by atoms with Crippen molar-refractivity contribution in [2.45, 2.75) is 53.1 Å². The molecule has 2 heteroatoms. The second-order valence-corrected chi connectivity index (χ2v) is 4.21. The van der Waals surface area contributed by atoms with E-state index in [1.54, 1.807) is 6.92 Å². The molecule has 0 aromatic heterocycles. The van der Waals surface area contributed by atoms with E-state index in [9.17, 15) is 9.90 Å². The highest BCUT2D eigenvalue weighted by Gasteiger charge is 2.25. The Hall–Kier alpha value is -0.630. The topological polar surface area (TPSA) is 37.3 Å². The van der Waals surface area contributed by atoms with Gasteiger partial charge < -0.3 is 5.11 Å². The van der Waals surface area contributed by atoms with Gasteiger partial charge in [-0.3, -0.25) is 4.79 Å². The maximum absolute atomic E-state index is 11.3. The molecule has 0 spiro atoms. The number of ketones is 1.